The van der Waals surface area contributed by atoms with Crippen LogP contribution in [0.25, 0.3) is 10.9 Å². The van der Waals surface area contributed by atoms with E-state index in [4.69, 9.17) is 14.8 Å². The van der Waals surface area contributed by atoms with Crippen molar-refractivity contribution in [3.63, 3.8) is 0 Å². The molecule has 3 aromatic carbocycles. The van der Waals surface area contributed by atoms with Crippen LogP contribution in [-0.2, 0) is 17.8 Å². The fourth-order valence-corrected chi connectivity index (χ4v) is 5.59. The van der Waals surface area contributed by atoms with Gasteiger partial charge in [0.2, 0.25) is 0 Å². The molecule has 4 rings (SSSR count). The van der Waals surface area contributed by atoms with Crippen LogP contribution in [0.15, 0.2) is 84.9 Å². The van der Waals surface area contributed by atoms with Crippen molar-refractivity contribution >= 4 is 28.6 Å². The van der Waals surface area contributed by atoms with Crippen LogP contribution < -0.4 is 4.74 Å². The van der Waals surface area contributed by atoms with E-state index in [-0.39, 0.29) is 11.7 Å². The highest BCUT2D eigenvalue weighted by atomic mass is 32.2. The Morgan fingerprint density at radius 3 is 2.43 bits per heavy atom. The molecule has 0 saturated heterocycles. The second-order valence-electron chi connectivity index (χ2n) is 9.65. The maximum absolute atomic E-state index is 11.0. The number of hydrogen-bond acceptors (Lipinski definition) is 4. The largest absolute Gasteiger partial charge is 0.487 e. The zero-order valence-electron chi connectivity index (χ0n) is 21.6. The Bertz CT molecular complexity index is 1290. The summed E-state index contributed by atoms with van der Waals surface area (Å²) in [4.78, 5) is 15.8. The number of fused-ring (bicyclic) bond motifs is 1. The van der Waals surface area contributed by atoms with Crippen molar-refractivity contribution in [2.75, 3.05) is 5.75 Å². The van der Waals surface area contributed by atoms with Crippen LogP contribution in [0, 0.1) is 0 Å². The zero-order chi connectivity index (χ0) is 26.0. The molecule has 1 heterocycles. The molecule has 0 amide bonds. The molecule has 37 heavy (non-hydrogen) atoms. The third-order valence-electron chi connectivity index (χ3n) is 6.49. The number of ether oxygens (including phenoxy) is 1. The van der Waals surface area contributed by atoms with Crippen molar-refractivity contribution in [2.24, 2.45) is 0 Å². The van der Waals surface area contributed by atoms with E-state index in [2.05, 4.69) is 74.5 Å². The Morgan fingerprint density at radius 1 is 0.946 bits per heavy atom. The lowest BCUT2D eigenvalue weighted by molar-refractivity contribution is -0.136. The molecule has 4 nitrogen and oxygen atoms in total. The lowest BCUT2D eigenvalue weighted by Gasteiger charge is -2.17. The normalized spacial score (nSPS) is 12.1. The van der Waals surface area contributed by atoms with Gasteiger partial charge in [-0.15, -0.1) is 0 Å². The molecule has 0 radical (unpaired) electrons. The highest BCUT2D eigenvalue weighted by molar-refractivity contribution is 7.99. The summed E-state index contributed by atoms with van der Waals surface area (Å²) in [6.07, 6.45) is 3.26. The van der Waals surface area contributed by atoms with Crippen LogP contribution in [0.1, 0.15) is 66.7 Å². The summed E-state index contributed by atoms with van der Waals surface area (Å²) in [5.74, 6) is 1.16. The molecule has 5 heteroatoms. The number of pyridine rings is 1. The molecule has 0 aliphatic carbocycles. The van der Waals surface area contributed by atoms with Gasteiger partial charge in [0.15, 0.2) is 0 Å². The molecule has 1 unspecified atom stereocenters. The van der Waals surface area contributed by atoms with Gasteiger partial charge in [0.25, 0.3) is 0 Å². The number of aryl methyl sites for hydroxylation is 1. The van der Waals surface area contributed by atoms with Crippen LogP contribution in [0.4, 0.5) is 0 Å². The van der Waals surface area contributed by atoms with Gasteiger partial charge in [0.1, 0.15) is 12.4 Å². The second kappa shape index (κ2) is 13.3. The highest BCUT2D eigenvalue weighted by Gasteiger charge is 2.14. The smallest absolute Gasteiger partial charge is 0.304 e. The summed E-state index contributed by atoms with van der Waals surface area (Å²) < 4.78 is 6.04. The topological polar surface area (TPSA) is 59.4 Å². The van der Waals surface area contributed by atoms with Gasteiger partial charge >= 0.3 is 5.97 Å². The number of aromatic nitrogens is 1. The summed E-state index contributed by atoms with van der Waals surface area (Å²) in [7, 11) is 0. The Kier molecular flexibility index (Phi) is 9.61. The van der Waals surface area contributed by atoms with Crippen molar-refractivity contribution in [2.45, 2.75) is 57.3 Å². The Balaban J connectivity index is 1.36. The average Bonchev–Trinajstić information content (AvgIpc) is 2.91. The minimum absolute atomic E-state index is 0.179. The van der Waals surface area contributed by atoms with E-state index in [1.807, 2.05) is 24.3 Å². The maximum atomic E-state index is 11.0. The molecule has 1 N–H and O–H groups in total. The van der Waals surface area contributed by atoms with E-state index < -0.39 is 5.97 Å². The second-order valence-corrected chi connectivity index (χ2v) is 11.0. The van der Waals surface area contributed by atoms with Crippen LogP contribution in [-0.4, -0.2) is 21.8 Å². The SMILES string of the molecule is CC(C)c1ccc2nc(COc3ccc(C(CCCc4ccccc4)SCCC(=O)O)cc3)ccc2c1. The van der Waals surface area contributed by atoms with Gasteiger partial charge in [-0.1, -0.05) is 68.4 Å². The molecule has 4 aromatic rings. The molecule has 1 aromatic heterocycles. The van der Waals surface area contributed by atoms with Crippen molar-refractivity contribution in [1.82, 2.24) is 4.98 Å². The van der Waals surface area contributed by atoms with E-state index in [1.54, 1.807) is 11.8 Å². The number of carboxylic acids is 1. The number of benzene rings is 3. The van der Waals surface area contributed by atoms with E-state index in [0.717, 1.165) is 41.6 Å². The van der Waals surface area contributed by atoms with Crippen LogP contribution >= 0.6 is 11.8 Å². The van der Waals surface area contributed by atoms with Gasteiger partial charge in [-0.2, -0.15) is 11.8 Å². The van der Waals surface area contributed by atoms with E-state index in [1.165, 1.54) is 16.7 Å². The molecule has 0 spiro atoms. The first-order chi connectivity index (χ1) is 18.0. The summed E-state index contributed by atoms with van der Waals surface area (Å²) in [5.41, 5.74) is 5.75. The monoisotopic (exact) mass is 513 g/mol. The minimum Gasteiger partial charge on any atom is -0.487 e. The Labute approximate surface area is 224 Å². The van der Waals surface area contributed by atoms with Gasteiger partial charge in [-0.05, 0) is 72.2 Å². The molecule has 0 saturated carbocycles. The predicted molar refractivity (Wildman–Crippen MR) is 153 cm³/mol. The average molecular weight is 514 g/mol. The van der Waals surface area contributed by atoms with E-state index in [9.17, 15) is 4.79 Å². The van der Waals surface area contributed by atoms with Crippen molar-refractivity contribution < 1.29 is 14.6 Å². The molecule has 0 aliphatic heterocycles. The third-order valence-corrected chi connectivity index (χ3v) is 7.84. The summed E-state index contributed by atoms with van der Waals surface area (Å²) in [6.45, 7) is 4.81. The number of carbonyl (C=O) groups is 1. The van der Waals surface area contributed by atoms with Gasteiger partial charge < -0.3 is 9.84 Å². The molecule has 0 aliphatic rings. The first kappa shape index (κ1) is 26.7. The molecular formula is C32H35NO3S. The lowest BCUT2D eigenvalue weighted by atomic mass is 10.0. The zero-order valence-corrected chi connectivity index (χ0v) is 22.4. The first-order valence-corrected chi connectivity index (χ1v) is 14.0. The number of hydrogen-bond donors (Lipinski definition) is 1. The number of nitrogens with zero attached hydrogens (tertiary/aromatic N) is 1. The molecule has 192 valence electrons. The van der Waals surface area contributed by atoms with Gasteiger partial charge in [-0.25, -0.2) is 4.98 Å². The molecule has 1 atom stereocenters. The Hall–Kier alpha value is -3.31. The minimum atomic E-state index is -0.748. The van der Waals surface area contributed by atoms with E-state index in [0.29, 0.717) is 18.3 Å². The first-order valence-electron chi connectivity index (χ1n) is 13.0. The summed E-state index contributed by atoms with van der Waals surface area (Å²) >= 11 is 1.73. The maximum Gasteiger partial charge on any atom is 0.304 e. The van der Waals surface area contributed by atoms with Gasteiger partial charge in [-0.3, -0.25) is 4.79 Å². The van der Waals surface area contributed by atoms with Crippen molar-refractivity contribution in [1.29, 1.82) is 0 Å². The quantitative estimate of drug-likeness (QED) is 0.195. The number of rotatable bonds is 13. The molecular weight excluding hydrogens is 478 g/mol. The number of thioether (sulfide) groups is 1. The fourth-order valence-electron chi connectivity index (χ4n) is 4.33. The van der Waals surface area contributed by atoms with Gasteiger partial charge in [0, 0.05) is 16.4 Å². The number of aliphatic carboxylic acids is 1. The third kappa shape index (κ3) is 8.09. The standard InChI is InChI=1S/C32H35NO3S/c1-23(2)26-14-18-30-27(21-26)11-15-28(33-30)22-36-29-16-12-25(13-17-29)31(37-20-19-32(34)35)10-6-9-24-7-4-3-5-8-24/h3-5,7-8,11-18,21,23,31H,6,9-10,19-20,22H2,1-2H3,(H,34,35). The van der Waals surface area contributed by atoms with Crippen LogP contribution in [0.3, 0.4) is 0 Å². The van der Waals surface area contributed by atoms with Crippen LogP contribution in [0.5, 0.6) is 5.75 Å². The highest BCUT2D eigenvalue weighted by Crippen LogP contribution is 2.35. The number of carboxylic acid groups (broad SMARTS) is 1. The molecule has 0 bridgehead atoms. The van der Waals surface area contributed by atoms with Crippen molar-refractivity contribution in [3.05, 3.63) is 107 Å². The predicted octanol–water partition coefficient (Wildman–Crippen LogP) is 8.21. The lowest BCUT2D eigenvalue weighted by Crippen LogP contribution is -2.02. The summed E-state index contributed by atoms with van der Waals surface area (Å²) in [5, 5.41) is 10.5. The Morgan fingerprint density at radius 2 is 1.70 bits per heavy atom. The van der Waals surface area contributed by atoms with Crippen LogP contribution in [0.2, 0.25) is 0 Å². The van der Waals surface area contributed by atoms with Gasteiger partial charge in [0.05, 0.1) is 17.6 Å². The summed E-state index contributed by atoms with van der Waals surface area (Å²) in [6, 6.07) is 29.3. The van der Waals surface area contributed by atoms with E-state index >= 15 is 0 Å². The molecule has 0 fully saturated rings. The van der Waals surface area contributed by atoms with Crippen molar-refractivity contribution in [3.8, 4) is 5.75 Å². The fraction of sp³-hybridized carbons (Fsp3) is 0.312.